The lowest BCUT2D eigenvalue weighted by atomic mass is 9.75. The molecular formula is C17H29NO4. The van der Waals surface area contributed by atoms with E-state index in [1.807, 2.05) is 0 Å². The molecule has 1 aliphatic heterocycles. The number of rotatable bonds is 5. The van der Waals surface area contributed by atoms with Gasteiger partial charge in [-0.05, 0) is 43.4 Å². The van der Waals surface area contributed by atoms with Gasteiger partial charge in [0.2, 0.25) is 5.91 Å². The number of carboxylic acid groups (broad SMARTS) is 1. The molecule has 0 spiro atoms. The molecular weight excluding hydrogens is 282 g/mol. The molecule has 2 aliphatic rings. The van der Waals surface area contributed by atoms with Gasteiger partial charge < -0.3 is 14.7 Å². The number of hydrogen-bond donors (Lipinski definition) is 1. The third-order valence-corrected chi connectivity index (χ3v) is 5.24. The Hall–Kier alpha value is -1.10. The Morgan fingerprint density at radius 2 is 2.00 bits per heavy atom. The molecule has 1 aliphatic carbocycles. The maximum Gasteiger partial charge on any atom is 0.326 e. The van der Waals surface area contributed by atoms with Crippen LogP contribution in [0, 0.1) is 17.8 Å². The monoisotopic (exact) mass is 311 g/mol. The van der Waals surface area contributed by atoms with Crippen molar-refractivity contribution in [2.75, 3.05) is 13.2 Å². The van der Waals surface area contributed by atoms with E-state index in [0.717, 1.165) is 19.3 Å². The van der Waals surface area contributed by atoms with Crippen molar-refractivity contribution >= 4 is 11.9 Å². The molecule has 1 N–H and O–H groups in total. The normalized spacial score (nSPS) is 32.5. The van der Waals surface area contributed by atoms with Crippen LogP contribution in [-0.4, -0.2) is 47.2 Å². The number of hydrogen-bond acceptors (Lipinski definition) is 3. The zero-order chi connectivity index (χ0) is 16.3. The Morgan fingerprint density at radius 3 is 2.64 bits per heavy atom. The zero-order valence-electron chi connectivity index (χ0n) is 14.0. The van der Waals surface area contributed by atoms with Gasteiger partial charge in [-0.3, -0.25) is 4.79 Å². The lowest BCUT2D eigenvalue weighted by molar-refractivity contribution is -0.152. The van der Waals surface area contributed by atoms with Crippen molar-refractivity contribution in [3.05, 3.63) is 0 Å². The summed E-state index contributed by atoms with van der Waals surface area (Å²) in [5.74, 6) is 0.598. The first-order chi connectivity index (χ1) is 10.4. The van der Waals surface area contributed by atoms with Crippen LogP contribution in [0.25, 0.3) is 0 Å². The molecule has 1 saturated heterocycles. The minimum atomic E-state index is -0.905. The highest BCUT2D eigenvalue weighted by Crippen LogP contribution is 2.35. The first-order valence-electron chi connectivity index (χ1n) is 8.54. The van der Waals surface area contributed by atoms with Crippen LogP contribution < -0.4 is 0 Å². The molecule has 2 fully saturated rings. The third kappa shape index (κ3) is 4.00. The maximum absolute atomic E-state index is 12.3. The van der Waals surface area contributed by atoms with E-state index < -0.39 is 12.0 Å². The van der Waals surface area contributed by atoms with Crippen molar-refractivity contribution in [3.63, 3.8) is 0 Å². The largest absolute Gasteiger partial charge is 0.480 e. The van der Waals surface area contributed by atoms with Gasteiger partial charge in [-0.25, -0.2) is 4.79 Å². The van der Waals surface area contributed by atoms with E-state index in [0.29, 0.717) is 30.7 Å². The van der Waals surface area contributed by atoms with Crippen LogP contribution in [0.4, 0.5) is 0 Å². The Labute approximate surface area is 133 Å². The highest BCUT2D eigenvalue weighted by atomic mass is 16.5. The molecule has 0 aromatic rings. The molecule has 3 unspecified atom stereocenters. The Morgan fingerprint density at radius 1 is 1.27 bits per heavy atom. The topological polar surface area (TPSA) is 66.8 Å². The summed E-state index contributed by atoms with van der Waals surface area (Å²) in [5.41, 5.74) is 0. The molecule has 5 heteroatoms. The molecule has 4 atom stereocenters. The lowest BCUT2D eigenvalue weighted by Gasteiger charge is -2.37. The smallest absolute Gasteiger partial charge is 0.326 e. The van der Waals surface area contributed by atoms with Gasteiger partial charge in [0.05, 0.1) is 6.10 Å². The van der Waals surface area contributed by atoms with E-state index in [9.17, 15) is 9.59 Å². The average Bonchev–Trinajstić information content (AvgIpc) is 2.94. The number of nitrogens with zero attached hydrogens (tertiary/aromatic N) is 1. The number of amides is 1. The summed E-state index contributed by atoms with van der Waals surface area (Å²) in [4.78, 5) is 24.9. The molecule has 0 aromatic heterocycles. The van der Waals surface area contributed by atoms with Crippen LogP contribution in [-0.2, 0) is 14.3 Å². The average molecular weight is 311 g/mol. The van der Waals surface area contributed by atoms with Gasteiger partial charge in [-0.15, -0.1) is 0 Å². The van der Waals surface area contributed by atoms with E-state index >= 15 is 0 Å². The Balaban J connectivity index is 1.90. The quantitative estimate of drug-likeness (QED) is 0.847. The molecule has 1 heterocycles. The molecule has 2 rings (SSSR count). The van der Waals surface area contributed by atoms with Gasteiger partial charge in [0.1, 0.15) is 12.6 Å². The van der Waals surface area contributed by atoms with Gasteiger partial charge in [-0.2, -0.15) is 0 Å². The minimum Gasteiger partial charge on any atom is -0.480 e. The van der Waals surface area contributed by atoms with E-state index in [-0.39, 0.29) is 18.6 Å². The van der Waals surface area contributed by atoms with Crippen LogP contribution in [0.1, 0.15) is 52.9 Å². The fourth-order valence-electron chi connectivity index (χ4n) is 3.89. The van der Waals surface area contributed by atoms with Crippen molar-refractivity contribution in [1.82, 2.24) is 4.90 Å². The Kier molecular flexibility index (Phi) is 5.84. The van der Waals surface area contributed by atoms with E-state index in [1.54, 1.807) is 0 Å². The van der Waals surface area contributed by atoms with Gasteiger partial charge >= 0.3 is 5.97 Å². The fourth-order valence-corrected chi connectivity index (χ4v) is 3.89. The number of carbonyl (C=O) groups is 2. The zero-order valence-corrected chi connectivity index (χ0v) is 14.0. The molecule has 5 nitrogen and oxygen atoms in total. The van der Waals surface area contributed by atoms with Crippen LogP contribution >= 0.6 is 0 Å². The summed E-state index contributed by atoms with van der Waals surface area (Å²) in [6, 6.07) is -0.665. The van der Waals surface area contributed by atoms with Crippen molar-refractivity contribution in [2.45, 2.75) is 65.0 Å². The SMILES string of the molecule is CC1CCC(C(C)C)C(OCC(=O)N2CCC[C@@H]2C(=O)O)C1. The predicted octanol–water partition coefficient (Wildman–Crippen LogP) is 2.54. The van der Waals surface area contributed by atoms with Crippen LogP contribution in [0.2, 0.25) is 0 Å². The molecule has 1 saturated carbocycles. The second kappa shape index (κ2) is 7.44. The van der Waals surface area contributed by atoms with Crippen LogP contribution in [0.5, 0.6) is 0 Å². The second-order valence-corrected chi connectivity index (χ2v) is 7.26. The number of likely N-dealkylation sites (tertiary alicyclic amines) is 1. The highest BCUT2D eigenvalue weighted by Gasteiger charge is 2.36. The molecule has 0 radical (unpaired) electrons. The Bertz CT molecular complexity index is 409. The lowest BCUT2D eigenvalue weighted by Crippen LogP contribution is -2.44. The number of carbonyl (C=O) groups excluding carboxylic acids is 1. The first-order valence-corrected chi connectivity index (χ1v) is 8.54. The molecule has 126 valence electrons. The number of carboxylic acids is 1. The summed E-state index contributed by atoms with van der Waals surface area (Å²) >= 11 is 0. The number of ether oxygens (including phenoxy) is 1. The van der Waals surface area contributed by atoms with E-state index in [4.69, 9.17) is 9.84 Å². The summed E-state index contributed by atoms with van der Waals surface area (Å²) in [6.45, 7) is 7.20. The van der Waals surface area contributed by atoms with Crippen molar-refractivity contribution in [2.24, 2.45) is 17.8 Å². The van der Waals surface area contributed by atoms with E-state index in [1.165, 1.54) is 11.3 Å². The highest BCUT2D eigenvalue weighted by molar-refractivity contribution is 5.84. The second-order valence-electron chi connectivity index (χ2n) is 7.26. The number of aliphatic carboxylic acids is 1. The van der Waals surface area contributed by atoms with Crippen molar-refractivity contribution in [3.8, 4) is 0 Å². The van der Waals surface area contributed by atoms with Gasteiger partial charge in [0.25, 0.3) is 0 Å². The maximum atomic E-state index is 12.3. The third-order valence-electron chi connectivity index (χ3n) is 5.24. The summed E-state index contributed by atoms with van der Waals surface area (Å²) in [7, 11) is 0. The van der Waals surface area contributed by atoms with Gasteiger partial charge in [-0.1, -0.05) is 27.2 Å². The molecule has 0 bridgehead atoms. The standard InChI is InChI=1S/C17H29NO4/c1-11(2)13-7-6-12(3)9-15(13)22-10-16(19)18-8-4-5-14(18)17(20)21/h11-15H,4-10H2,1-3H3,(H,20,21)/t12?,13?,14-,15?/m1/s1. The van der Waals surface area contributed by atoms with Gasteiger partial charge in [0, 0.05) is 6.54 Å². The summed E-state index contributed by atoms with van der Waals surface area (Å²) in [5, 5.41) is 9.16. The minimum absolute atomic E-state index is 0.0182. The molecule has 22 heavy (non-hydrogen) atoms. The summed E-state index contributed by atoms with van der Waals surface area (Å²) in [6.07, 6.45) is 4.81. The van der Waals surface area contributed by atoms with E-state index in [2.05, 4.69) is 20.8 Å². The molecule has 1 amide bonds. The molecule has 0 aromatic carbocycles. The van der Waals surface area contributed by atoms with Crippen LogP contribution in [0.3, 0.4) is 0 Å². The van der Waals surface area contributed by atoms with Crippen molar-refractivity contribution < 1.29 is 19.4 Å². The first kappa shape index (κ1) is 17.3. The summed E-state index contributed by atoms with van der Waals surface area (Å²) < 4.78 is 5.95. The van der Waals surface area contributed by atoms with Gasteiger partial charge in [0.15, 0.2) is 0 Å². The fraction of sp³-hybridized carbons (Fsp3) is 0.882. The van der Waals surface area contributed by atoms with Crippen LogP contribution in [0.15, 0.2) is 0 Å². The van der Waals surface area contributed by atoms with Crippen molar-refractivity contribution in [1.29, 1.82) is 0 Å². The predicted molar refractivity (Wildman–Crippen MR) is 83.5 cm³/mol.